The number of rotatable bonds is 2. The molecule has 1 atom stereocenters. The summed E-state index contributed by atoms with van der Waals surface area (Å²) in [5.41, 5.74) is -0.0347. The van der Waals surface area contributed by atoms with Gasteiger partial charge in [-0.25, -0.2) is 4.79 Å². The van der Waals surface area contributed by atoms with Crippen LogP contribution in [-0.4, -0.2) is 27.2 Å². The summed E-state index contributed by atoms with van der Waals surface area (Å²) >= 11 is 0. The lowest BCUT2D eigenvalue weighted by atomic mass is 10.5. The van der Waals surface area contributed by atoms with E-state index < -0.39 is 6.16 Å². The normalized spacial score (nSPS) is 13.1. The van der Waals surface area contributed by atoms with Gasteiger partial charge < -0.3 is 9.84 Å². The third kappa shape index (κ3) is 3.67. The molecule has 1 unspecified atom stereocenters. The van der Waals surface area contributed by atoms with Crippen molar-refractivity contribution in [1.29, 1.82) is 0 Å². The summed E-state index contributed by atoms with van der Waals surface area (Å²) in [6.45, 7) is 1.90. The number of hydrogen-bond donors (Lipinski definition) is 1. The van der Waals surface area contributed by atoms with Gasteiger partial charge in [0, 0.05) is 0 Å². The average Bonchev–Trinajstić information content (AvgIpc) is 1.65. The predicted molar refractivity (Wildman–Crippen MR) is 33.1 cm³/mol. The van der Waals surface area contributed by atoms with Crippen molar-refractivity contribution in [2.75, 3.05) is 0 Å². The van der Waals surface area contributed by atoms with Crippen molar-refractivity contribution in [3.63, 3.8) is 0 Å². The molecule has 0 aromatic rings. The van der Waals surface area contributed by atoms with Crippen LogP contribution < -0.4 is 0 Å². The molecule has 8 heavy (non-hydrogen) atoms. The van der Waals surface area contributed by atoms with E-state index in [0.29, 0.717) is 0 Å². The molecule has 0 aliphatic carbocycles. The van der Waals surface area contributed by atoms with Gasteiger partial charge in [-0.2, -0.15) is 0 Å². The van der Waals surface area contributed by atoms with Crippen LogP contribution in [0, 0.1) is 0 Å². The van der Waals surface area contributed by atoms with Gasteiger partial charge in [0.25, 0.3) is 0 Å². The van der Waals surface area contributed by atoms with Crippen LogP contribution >= 0.6 is 0 Å². The van der Waals surface area contributed by atoms with Gasteiger partial charge in [0.15, 0.2) is 0 Å². The molecule has 0 amide bonds. The van der Waals surface area contributed by atoms with Gasteiger partial charge in [-0.15, -0.1) is 0 Å². The molecule has 0 radical (unpaired) electrons. The first-order chi connectivity index (χ1) is 3.66. The lowest BCUT2D eigenvalue weighted by Gasteiger charge is -2.04. The second kappa shape index (κ2) is 3.48. The summed E-state index contributed by atoms with van der Waals surface area (Å²) in [5.74, 6) is 0. The van der Waals surface area contributed by atoms with Gasteiger partial charge in [0.1, 0.15) is 0 Å². The monoisotopic (exact) mass is 134 g/mol. The van der Waals surface area contributed by atoms with Crippen molar-refractivity contribution < 1.29 is 14.6 Å². The second-order valence-electron chi connectivity index (χ2n) is 1.60. The fourth-order valence-electron chi connectivity index (χ4n) is 0.255. The number of hydrogen-bond acceptors (Lipinski definition) is 2. The Morgan fingerprint density at radius 2 is 2.50 bits per heavy atom. The van der Waals surface area contributed by atoms with Gasteiger partial charge in [-0.05, 0) is 6.42 Å². The molecule has 0 saturated heterocycles. The van der Waals surface area contributed by atoms with Gasteiger partial charge in [-0.1, -0.05) is 6.92 Å². The summed E-state index contributed by atoms with van der Waals surface area (Å²) in [6, 6.07) is 0. The van der Waals surface area contributed by atoms with Crippen molar-refractivity contribution in [3.05, 3.63) is 0 Å². The highest BCUT2D eigenvalue weighted by Gasteiger charge is 2.01. The standard InChI is InChI=1S/C4H10O3Si/c1-2-3(8)7-4(5)6/h3H,2H2,1,8H3,(H,5,6). The van der Waals surface area contributed by atoms with Gasteiger partial charge in [-0.3, -0.25) is 0 Å². The molecular formula is C4H10O3Si. The Bertz CT molecular complexity index is 83.4. The quantitative estimate of drug-likeness (QED) is 0.419. The van der Waals surface area contributed by atoms with Gasteiger partial charge in [0.05, 0.1) is 16.0 Å². The average molecular weight is 134 g/mol. The molecule has 0 saturated carbocycles. The third-order valence-corrected chi connectivity index (χ3v) is 1.93. The van der Waals surface area contributed by atoms with E-state index in [9.17, 15) is 4.79 Å². The van der Waals surface area contributed by atoms with E-state index in [4.69, 9.17) is 5.11 Å². The summed E-state index contributed by atoms with van der Waals surface area (Å²) in [6.07, 6.45) is -0.370. The molecule has 3 nitrogen and oxygen atoms in total. The molecule has 0 aliphatic heterocycles. The van der Waals surface area contributed by atoms with Crippen molar-refractivity contribution in [2.45, 2.75) is 19.1 Å². The van der Waals surface area contributed by atoms with Crippen LogP contribution in [0.15, 0.2) is 0 Å². The van der Waals surface area contributed by atoms with Crippen LogP contribution in [0.25, 0.3) is 0 Å². The molecule has 48 valence electrons. The van der Waals surface area contributed by atoms with E-state index in [0.717, 1.165) is 16.7 Å². The molecule has 0 aromatic carbocycles. The molecular weight excluding hydrogens is 124 g/mol. The van der Waals surface area contributed by atoms with E-state index in [-0.39, 0.29) is 5.73 Å². The Labute approximate surface area is 51.1 Å². The molecule has 0 aliphatic rings. The first-order valence-electron chi connectivity index (χ1n) is 2.56. The van der Waals surface area contributed by atoms with Crippen molar-refractivity contribution in [3.8, 4) is 0 Å². The predicted octanol–water partition coefficient (Wildman–Crippen LogP) is -0.218. The highest BCUT2D eigenvalue weighted by Crippen LogP contribution is 1.90. The fourth-order valence-corrected chi connectivity index (χ4v) is 0.457. The minimum absolute atomic E-state index is 0.0347. The van der Waals surface area contributed by atoms with E-state index in [1.807, 2.05) is 6.92 Å². The van der Waals surface area contributed by atoms with Gasteiger partial charge in [0.2, 0.25) is 0 Å². The summed E-state index contributed by atoms with van der Waals surface area (Å²) in [7, 11) is 0.785. The Balaban J connectivity index is 3.24. The summed E-state index contributed by atoms with van der Waals surface area (Å²) in [4.78, 5) is 9.77. The number of carbonyl (C=O) groups is 1. The topological polar surface area (TPSA) is 46.5 Å². The van der Waals surface area contributed by atoms with Crippen LogP contribution in [0.1, 0.15) is 13.3 Å². The Hall–Kier alpha value is -0.513. The summed E-state index contributed by atoms with van der Waals surface area (Å²) < 4.78 is 4.38. The first kappa shape index (κ1) is 7.49. The van der Waals surface area contributed by atoms with Crippen LogP contribution in [0.2, 0.25) is 0 Å². The number of carboxylic acid groups (broad SMARTS) is 1. The molecule has 4 heteroatoms. The van der Waals surface area contributed by atoms with Crippen molar-refractivity contribution in [1.82, 2.24) is 0 Å². The Kier molecular flexibility index (Phi) is 3.26. The molecule has 0 heterocycles. The Morgan fingerprint density at radius 3 is 2.62 bits per heavy atom. The molecule has 0 aromatic heterocycles. The van der Waals surface area contributed by atoms with Gasteiger partial charge >= 0.3 is 6.16 Å². The first-order valence-corrected chi connectivity index (χ1v) is 3.71. The number of ether oxygens (including phenoxy) is 1. The highest BCUT2D eigenvalue weighted by molar-refractivity contribution is 6.11. The van der Waals surface area contributed by atoms with Crippen LogP contribution in [0.4, 0.5) is 4.79 Å². The Morgan fingerprint density at radius 1 is 2.00 bits per heavy atom. The minimum atomic E-state index is -1.16. The van der Waals surface area contributed by atoms with E-state index in [1.54, 1.807) is 0 Å². The van der Waals surface area contributed by atoms with E-state index in [1.165, 1.54) is 0 Å². The fraction of sp³-hybridized carbons (Fsp3) is 0.750. The lowest BCUT2D eigenvalue weighted by molar-refractivity contribution is 0.0786. The van der Waals surface area contributed by atoms with E-state index in [2.05, 4.69) is 4.74 Å². The zero-order chi connectivity index (χ0) is 6.57. The minimum Gasteiger partial charge on any atom is -0.450 e. The van der Waals surface area contributed by atoms with Crippen LogP contribution in [-0.2, 0) is 4.74 Å². The SMILES string of the molecule is CCC([SiH3])OC(=O)O. The molecule has 0 rings (SSSR count). The van der Waals surface area contributed by atoms with Crippen molar-refractivity contribution >= 4 is 16.4 Å². The zero-order valence-corrected chi connectivity index (χ0v) is 7.05. The lowest BCUT2D eigenvalue weighted by Crippen LogP contribution is -2.14. The third-order valence-electron chi connectivity index (χ3n) is 0.877. The maximum absolute atomic E-state index is 9.77. The highest BCUT2D eigenvalue weighted by atomic mass is 28.1. The van der Waals surface area contributed by atoms with E-state index >= 15 is 0 Å². The molecule has 1 N–H and O–H groups in total. The van der Waals surface area contributed by atoms with Crippen LogP contribution in [0.5, 0.6) is 0 Å². The molecule has 0 spiro atoms. The maximum Gasteiger partial charge on any atom is 0.505 e. The molecule has 0 fully saturated rings. The zero-order valence-electron chi connectivity index (χ0n) is 5.05. The smallest absolute Gasteiger partial charge is 0.450 e. The second-order valence-corrected chi connectivity index (χ2v) is 2.89. The van der Waals surface area contributed by atoms with Crippen molar-refractivity contribution in [2.24, 2.45) is 0 Å². The van der Waals surface area contributed by atoms with Crippen LogP contribution in [0.3, 0.4) is 0 Å². The largest absolute Gasteiger partial charge is 0.505 e. The molecule has 0 bridgehead atoms. The summed E-state index contributed by atoms with van der Waals surface area (Å²) in [5, 5.41) is 8.02. The maximum atomic E-state index is 9.77.